The maximum absolute atomic E-state index is 10.2. The van der Waals surface area contributed by atoms with Crippen LogP contribution >= 0.6 is 0 Å². The van der Waals surface area contributed by atoms with Crippen molar-refractivity contribution in [2.45, 2.75) is 111 Å². The zero-order valence-corrected chi connectivity index (χ0v) is 19.2. The van der Waals surface area contributed by atoms with E-state index in [0.717, 1.165) is 30.6 Å². The number of allylic oxidation sites excluding steroid dienone is 4. The number of rotatable bonds is 5. The fourth-order valence-electron chi connectivity index (χ4n) is 7.78. The van der Waals surface area contributed by atoms with E-state index in [9.17, 15) is 5.11 Å². The van der Waals surface area contributed by atoms with E-state index in [0.29, 0.717) is 16.7 Å². The molecule has 0 amide bonds. The van der Waals surface area contributed by atoms with Gasteiger partial charge in [-0.1, -0.05) is 65.5 Å². The number of fused-ring (bicyclic) bond motifs is 4. The molecule has 1 fully saturated rings. The third kappa shape index (κ3) is 3.34. The summed E-state index contributed by atoms with van der Waals surface area (Å²) in [7, 11) is 0. The van der Waals surface area contributed by atoms with Crippen LogP contribution in [0, 0.1) is 34.5 Å². The minimum Gasteiger partial charge on any atom is -0.393 e. The van der Waals surface area contributed by atoms with Gasteiger partial charge in [-0.05, 0) is 97.0 Å². The Labute approximate surface area is 174 Å². The molecular formula is C27H44O. The number of aliphatic hydroxyl groups is 1. The van der Waals surface area contributed by atoms with Gasteiger partial charge in [-0.25, -0.2) is 0 Å². The first-order valence-electron chi connectivity index (χ1n) is 12.4. The van der Waals surface area contributed by atoms with Gasteiger partial charge in [0.05, 0.1) is 6.10 Å². The first kappa shape index (κ1) is 20.7. The van der Waals surface area contributed by atoms with Crippen LogP contribution < -0.4 is 0 Å². The van der Waals surface area contributed by atoms with Gasteiger partial charge in [-0.2, -0.15) is 0 Å². The Morgan fingerprint density at radius 3 is 2.57 bits per heavy atom. The van der Waals surface area contributed by atoms with Crippen molar-refractivity contribution in [3.63, 3.8) is 0 Å². The van der Waals surface area contributed by atoms with E-state index < -0.39 is 0 Å². The lowest BCUT2D eigenvalue weighted by Crippen LogP contribution is -2.44. The molecule has 4 aliphatic carbocycles. The van der Waals surface area contributed by atoms with Crippen molar-refractivity contribution >= 4 is 0 Å². The summed E-state index contributed by atoms with van der Waals surface area (Å²) >= 11 is 0. The van der Waals surface area contributed by atoms with E-state index in [1.54, 1.807) is 11.1 Å². The molecule has 0 aromatic rings. The predicted molar refractivity (Wildman–Crippen MR) is 119 cm³/mol. The van der Waals surface area contributed by atoms with Crippen LogP contribution in [0.5, 0.6) is 0 Å². The minimum absolute atomic E-state index is 0.0455. The van der Waals surface area contributed by atoms with Crippen molar-refractivity contribution in [3.05, 3.63) is 22.8 Å². The Kier molecular flexibility index (Phi) is 5.62. The highest BCUT2D eigenvalue weighted by molar-refractivity contribution is 5.49. The van der Waals surface area contributed by atoms with Crippen LogP contribution in [0.3, 0.4) is 0 Å². The SMILES string of the molecule is CC(C)CCC[C@@H](C)[C@H]1CC=C2C3=C(CC[C@@]21C)[C@@]1(C)CC[C@H](O)C[C@@H]1CC3. The van der Waals surface area contributed by atoms with Crippen LogP contribution in [0.25, 0.3) is 0 Å². The summed E-state index contributed by atoms with van der Waals surface area (Å²) in [6.07, 6.45) is 16.6. The van der Waals surface area contributed by atoms with E-state index in [1.807, 2.05) is 5.57 Å². The van der Waals surface area contributed by atoms with E-state index in [1.165, 1.54) is 57.8 Å². The predicted octanol–water partition coefficient (Wildman–Crippen LogP) is 7.45. The molecule has 1 saturated carbocycles. The fourth-order valence-corrected chi connectivity index (χ4v) is 7.78. The fraction of sp³-hybridized carbons (Fsp3) is 0.852. The van der Waals surface area contributed by atoms with Gasteiger partial charge in [-0.15, -0.1) is 0 Å². The molecular weight excluding hydrogens is 340 g/mol. The monoisotopic (exact) mass is 384 g/mol. The summed E-state index contributed by atoms with van der Waals surface area (Å²) in [5.74, 6) is 3.25. The van der Waals surface area contributed by atoms with Crippen LogP contribution in [-0.2, 0) is 0 Å². The van der Waals surface area contributed by atoms with E-state index in [2.05, 4.69) is 40.7 Å². The molecule has 0 heterocycles. The number of hydrogen-bond acceptors (Lipinski definition) is 1. The van der Waals surface area contributed by atoms with E-state index in [-0.39, 0.29) is 6.10 Å². The van der Waals surface area contributed by atoms with Gasteiger partial charge < -0.3 is 5.11 Å². The third-order valence-electron chi connectivity index (χ3n) is 9.61. The molecule has 28 heavy (non-hydrogen) atoms. The molecule has 0 bridgehead atoms. The molecule has 4 rings (SSSR count). The van der Waals surface area contributed by atoms with Crippen molar-refractivity contribution in [2.75, 3.05) is 0 Å². The van der Waals surface area contributed by atoms with Gasteiger partial charge in [0.1, 0.15) is 0 Å². The van der Waals surface area contributed by atoms with Gasteiger partial charge in [0, 0.05) is 0 Å². The molecule has 0 spiro atoms. The Balaban J connectivity index is 1.54. The highest BCUT2D eigenvalue weighted by atomic mass is 16.3. The Morgan fingerprint density at radius 2 is 1.82 bits per heavy atom. The minimum atomic E-state index is -0.0455. The molecule has 6 atom stereocenters. The molecule has 158 valence electrons. The molecule has 0 radical (unpaired) electrons. The lowest BCUT2D eigenvalue weighted by molar-refractivity contribution is 0.0225. The molecule has 0 aromatic carbocycles. The summed E-state index contributed by atoms with van der Waals surface area (Å²) in [6.45, 7) is 12.4. The standard InChI is InChI=1S/C27H44O/c1-18(2)7-6-8-19(3)23-11-12-24-22-10-9-20-17-21(28)13-15-26(20,4)25(22)14-16-27(23,24)5/h12,18-21,23,28H,6-11,13-17H2,1-5H3/t19-,20+,21+,23-,26+,27-/m1/s1. The topological polar surface area (TPSA) is 20.2 Å². The van der Waals surface area contributed by atoms with Gasteiger partial charge in [0.15, 0.2) is 0 Å². The van der Waals surface area contributed by atoms with E-state index in [4.69, 9.17) is 0 Å². The third-order valence-corrected chi connectivity index (χ3v) is 9.61. The molecule has 1 N–H and O–H groups in total. The maximum atomic E-state index is 10.2. The van der Waals surface area contributed by atoms with Crippen LogP contribution in [0.4, 0.5) is 0 Å². The lowest BCUT2D eigenvalue weighted by atomic mass is 9.51. The summed E-state index contributed by atoms with van der Waals surface area (Å²) < 4.78 is 0. The molecule has 0 unspecified atom stereocenters. The first-order chi connectivity index (χ1) is 13.3. The Bertz CT molecular complexity index is 655. The van der Waals surface area contributed by atoms with Crippen molar-refractivity contribution in [1.82, 2.24) is 0 Å². The summed E-state index contributed by atoms with van der Waals surface area (Å²) in [4.78, 5) is 0. The molecule has 1 heteroatoms. The average molecular weight is 385 g/mol. The summed E-state index contributed by atoms with van der Waals surface area (Å²) in [6, 6.07) is 0. The van der Waals surface area contributed by atoms with Crippen molar-refractivity contribution in [2.24, 2.45) is 34.5 Å². The van der Waals surface area contributed by atoms with Crippen LogP contribution in [0.1, 0.15) is 105 Å². The molecule has 0 aliphatic heterocycles. The number of hydrogen-bond donors (Lipinski definition) is 1. The van der Waals surface area contributed by atoms with Crippen LogP contribution in [0.15, 0.2) is 22.8 Å². The van der Waals surface area contributed by atoms with Crippen LogP contribution in [0.2, 0.25) is 0 Å². The second kappa shape index (κ2) is 7.60. The highest BCUT2D eigenvalue weighted by Gasteiger charge is 2.52. The quantitative estimate of drug-likeness (QED) is 0.521. The lowest BCUT2D eigenvalue weighted by Gasteiger charge is -2.54. The largest absolute Gasteiger partial charge is 0.393 e. The van der Waals surface area contributed by atoms with Crippen molar-refractivity contribution in [1.29, 1.82) is 0 Å². The van der Waals surface area contributed by atoms with Crippen molar-refractivity contribution < 1.29 is 5.11 Å². The number of aliphatic hydroxyl groups excluding tert-OH is 1. The molecule has 1 nitrogen and oxygen atoms in total. The van der Waals surface area contributed by atoms with Gasteiger partial charge in [0.2, 0.25) is 0 Å². The van der Waals surface area contributed by atoms with Gasteiger partial charge in [0.25, 0.3) is 0 Å². The van der Waals surface area contributed by atoms with Crippen molar-refractivity contribution in [3.8, 4) is 0 Å². The van der Waals surface area contributed by atoms with Gasteiger partial charge in [-0.3, -0.25) is 0 Å². The second-order valence-corrected chi connectivity index (χ2v) is 11.7. The van der Waals surface area contributed by atoms with E-state index >= 15 is 0 Å². The van der Waals surface area contributed by atoms with Gasteiger partial charge >= 0.3 is 0 Å². The van der Waals surface area contributed by atoms with Crippen LogP contribution in [-0.4, -0.2) is 11.2 Å². The Morgan fingerprint density at radius 1 is 1.04 bits per heavy atom. The zero-order valence-electron chi connectivity index (χ0n) is 19.2. The second-order valence-electron chi connectivity index (χ2n) is 11.7. The highest BCUT2D eigenvalue weighted by Crippen LogP contribution is 2.64. The summed E-state index contributed by atoms with van der Waals surface area (Å²) in [5.41, 5.74) is 6.15. The molecule has 0 saturated heterocycles. The average Bonchev–Trinajstić information content (AvgIpc) is 2.99. The first-order valence-corrected chi connectivity index (χ1v) is 12.4. The zero-order chi connectivity index (χ0) is 20.1. The smallest absolute Gasteiger partial charge is 0.0543 e. The molecule has 0 aromatic heterocycles. The molecule has 4 aliphatic rings. The summed E-state index contributed by atoms with van der Waals surface area (Å²) in [5, 5.41) is 10.2. The normalized spacial score (nSPS) is 41.4. The maximum Gasteiger partial charge on any atom is 0.0543 e. The Hall–Kier alpha value is -0.560.